The molecule has 0 radical (unpaired) electrons. The van der Waals surface area contributed by atoms with Crippen LogP contribution in [0, 0.1) is 0 Å². The SMILES string of the molecule is c1ccc(-c2ccc(-c3oc4c(-c5cccc(-n6c7ccccc7c7ccccc76)c5)cc5ccccc5c4c3-c3ccccc3)cc2)cc1. The van der Waals surface area contributed by atoms with E-state index in [-0.39, 0.29) is 0 Å². The number of rotatable bonds is 5. The zero-order valence-corrected chi connectivity index (χ0v) is 27.3. The van der Waals surface area contributed by atoms with Crippen LogP contribution in [0.5, 0.6) is 0 Å². The van der Waals surface area contributed by atoms with E-state index in [0.717, 1.165) is 50.2 Å². The van der Waals surface area contributed by atoms with Crippen molar-refractivity contribution < 1.29 is 4.42 Å². The fourth-order valence-corrected chi connectivity index (χ4v) is 7.71. The molecular formula is C48H31NO. The lowest BCUT2D eigenvalue weighted by molar-refractivity contribution is 0.633. The molecule has 0 N–H and O–H groups in total. The Morgan fingerprint density at radius 2 is 0.920 bits per heavy atom. The molecule has 0 saturated heterocycles. The molecule has 2 nitrogen and oxygen atoms in total. The average molecular weight is 638 g/mol. The molecule has 2 heterocycles. The molecule has 0 atom stereocenters. The minimum absolute atomic E-state index is 0.877. The van der Waals surface area contributed by atoms with Crippen molar-refractivity contribution in [2.75, 3.05) is 0 Å². The first-order valence-corrected chi connectivity index (χ1v) is 17.1. The van der Waals surface area contributed by atoms with Crippen molar-refractivity contribution in [3.63, 3.8) is 0 Å². The smallest absolute Gasteiger partial charge is 0.143 e. The maximum atomic E-state index is 7.14. The number of hydrogen-bond donors (Lipinski definition) is 0. The molecule has 234 valence electrons. The fraction of sp³-hybridized carbons (Fsp3) is 0. The van der Waals surface area contributed by atoms with Gasteiger partial charge in [0, 0.05) is 38.5 Å². The van der Waals surface area contributed by atoms with Crippen LogP contribution in [0.15, 0.2) is 192 Å². The molecule has 50 heavy (non-hydrogen) atoms. The van der Waals surface area contributed by atoms with Gasteiger partial charge < -0.3 is 8.98 Å². The molecule has 0 saturated carbocycles. The normalized spacial score (nSPS) is 11.6. The molecule has 0 aliphatic heterocycles. The Morgan fingerprint density at radius 3 is 1.62 bits per heavy atom. The Morgan fingerprint density at radius 1 is 0.380 bits per heavy atom. The van der Waals surface area contributed by atoms with Crippen molar-refractivity contribution in [2.24, 2.45) is 0 Å². The van der Waals surface area contributed by atoms with E-state index in [1.54, 1.807) is 0 Å². The van der Waals surface area contributed by atoms with Gasteiger partial charge in [-0.15, -0.1) is 0 Å². The third kappa shape index (κ3) is 4.50. The molecule has 0 bridgehead atoms. The van der Waals surface area contributed by atoms with E-state index in [1.807, 2.05) is 0 Å². The number of hydrogen-bond acceptors (Lipinski definition) is 1. The summed E-state index contributed by atoms with van der Waals surface area (Å²) in [5, 5.41) is 6.00. The minimum atomic E-state index is 0.877. The highest BCUT2D eigenvalue weighted by atomic mass is 16.3. The van der Waals surface area contributed by atoms with Gasteiger partial charge in [0.25, 0.3) is 0 Å². The Hall–Kier alpha value is -6.64. The molecule has 0 aliphatic rings. The summed E-state index contributed by atoms with van der Waals surface area (Å²) < 4.78 is 9.52. The maximum Gasteiger partial charge on any atom is 0.143 e. The monoisotopic (exact) mass is 637 g/mol. The fourth-order valence-electron chi connectivity index (χ4n) is 7.71. The van der Waals surface area contributed by atoms with Gasteiger partial charge in [-0.3, -0.25) is 0 Å². The summed E-state index contributed by atoms with van der Waals surface area (Å²) in [6.45, 7) is 0. The van der Waals surface area contributed by atoms with Gasteiger partial charge in [-0.05, 0) is 63.4 Å². The van der Waals surface area contributed by atoms with Crippen molar-refractivity contribution in [2.45, 2.75) is 0 Å². The first kappa shape index (κ1) is 28.4. The van der Waals surface area contributed by atoms with Gasteiger partial charge in [0.2, 0.25) is 0 Å². The van der Waals surface area contributed by atoms with Crippen LogP contribution in [0.25, 0.3) is 93.9 Å². The molecule has 10 aromatic rings. The Labute approximate surface area is 290 Å². The van der Waals surface area contributed by atoms with E-state index >= 15 is 0 Å². The number of aromatic nitrogens is 1. The van der Waals surface area contributed by atoms with Crippen LogP contribution in [0.3, 0.4) is 0 Å². The van der Waals surface area contributed by atoms with E-state index in [9.17, 15) is 0 Å². The van der Waals surface area contributed by atoms with Crippen LogP contribution in [0.1, 0.15) is 0 Å². The zero-order chi connectivity index (χ0) is 33.0. The number of furan rings is 1. The van der Waals surface area contributed by atoms with Crippen molar-refractivity contribution in [1.29, 1.82) is 0 Å². The molecule has 0 amide bonds. The van der Waals surface area contributed by atoms with E-state index in [4.69, 9.17) is 4.42 Å². The topological polar surface area (TPSA) is 18.1 Å². The quantitative estimate of drug-likeness (QED) is 0.184. The van der Waals surface area contributed by atoms with Crippen molar-refractivity contribution in [3.8, 4) is 50.4 Å². The molecule has 8 aromatic carbocycles. The van der Waals surface area contributed by atoms with Gasteiger partial charge in [0.15, 0.2) is 0 Å². The summed E-state index contributed by atoms with van der Waals surface area (Å²) in [6.07, 6.45) is 0. The van der Waals surface area contributed by atoms with Gasteiger partial charge in [-0.25, -0.2) is 0 Å². The summed E-state index contributed by atoms with van der Waals surface area (Å²) in [7, 11) is 0. The van der Waals surface area contributed by atoms with Crippen molar-refractivity contribution >= 4 is 43.5 Å². The molecule has 10 rings (SSSR count). The van der Waals surface area contributed by atoms with E-state index in [0.29, 0.717) is 0 Å². The van der Waals surface area contributed by atoms with E-state index in [1.165, 1.54) is 43.7 Å². The highest BCUT2D eigenvalue weighted by molar-refractivity contribution is 6.20. The summed E-state index contributed by atoms with van der Waals surface area (Å²) in [6, 6.07) is 67.2. The van der Waals surface area contributed by atoms with Crippen LogP contribution >= 0.6 is 0 Å². The van der Waals surface area contributed by atoms with E-state index in [2.05, 4.69) is 193 Å². The summed E-state index contributed by atoms with van der Waals surface area (Å²) in [4.78, 5) is 0. The second-order valence-corrected chi connectivity index (χ2v) is 12.9. The average Bonchev–Trinajstić information content (AvgIpc) is 3.76. The third-order valence-electron chi connectivity index (χ3n) is 9.99. The van der Waals surface area contributed by atoms with Gasteiger partial charge in [0.05, 0.1) is 11.0 Å². The lowest BCUT2D eigenvalue weighted by Gasteiger charge is -2.12. The molecular weight excluding hydrogens is 607 g/mol. The Bertz CT molecular complexity index is 2790. The lowest BCUT2D eigenvalue weighted by atomic mass is 9.92. The van der Waals surface area contributed by atoms with Crippen molar-refractivity contribution in [1.82, 2.24) is 4.57 Å². The van der Waals surface area contributed by atoms with Gasteiger partial charge in [-0.1, -0.05) is 158 Å². The second-order valence-electron chi connectivity index (χ2n) is 12.9. The molecule has 0 fully saturated rings. The Balaban J connectivity index is 1.24. The van der Waals surface area contributed by atoms with E-state index < -0.39 is 0 Å². The minimum Gasteiger partial charge on any atom is -0.455 e. The highest BCUT2D eigenvalue weighted by Gasteiger charge is 2.23. The zero-order valence-electron chi connectivity index (χ0n) is 27.3. The van der Waals surface area contributed by atoms with Gasteiger partial charge in [0.1, 0.15) is 11.3 Å². The van der Waals surface area contributed by atoms with Crippen LogP contribution in [0.4, 0.5) is 0 Å². The standard InChI is InChI=1S/C48H31NO/c1-3-14-32(15-4-1)33-26-28-35(29-27-33)47-45(34-16-5-2-6-17-34)46-39-21-8-7-18-37(39)31-42(48(46)50-47)36-19-13-20-38(30-36)49-43-24-11-9-22-40(43)41-23-10-12-25-44(41)49/h1-31H. The van der Waals surface area contributed by atoms with Gasteiger partial charge >= 0.3 is 0 Å². The summed E-state index contributed by atoms with van der Waals surface area (Å²) >= 11 is 0. The predicted molar refractivity (Wildman–Crippen MR) is 210 cm³/mol. The molecule has 0 spiro atoms. The van der Waals surface area contributed by atoms with Gasteiger partial charge in [-0.2, -0.15) is 0 Å². The Kier molecular flexibility index (Phi) is 6.53. The maximum absolute atomic E-state index is 7.14. The van der Waals surface area contributed by atoms with Crippen molar-refractivity contribution in [3.05, 3.63) is 188 Å². The summed E-state index contributed by atoms with van der Waals surface area (Å²) in [5.74, 6) is 0.877. The highest BCUT2D eigenvalue weighted by Crippen LogP contribution is 2.48. The largest absolute Gasteiger partial charge is 0.455 e. The van der Waals surface area contributed by atoms with Crippen LogP contribution in [-0.2, 0) is 0 Å². The number of benzene rings is 8. The molecule has 2 heteroatoms. The molecule has 0 unspecified atom stereocenters. The van der Waals surface area contributed by atoms with Crippen LogP contribution < -0.4 is 0 Å². The number of para-hydroxylation sites is 2. The molecule has 0 aliphatic carbocycles. The predicted octanol–water partition coefficient (Wildman–Crippen LogP) is 13.4. The first-order valence-electron chi connectivity index (χ1n) is 17.1. The van der Waals surface area contributed by atoms with Crippen LogP contribution in [0.2, 0.25) is 0 Å². The number of fused-ring (bicyclic) bond motifs is 6. The number of nitrogens with zero attached hydrogens (tertiary/aromatic N) is 1. The summed E-state index contributed by atoms with van der Waals surface area (Å²) in [5.41, 5.74) is 12.3. The van der Waals surface area contributed by atoms with Crippen LogP contribution in [-0.4, -0.2) is 4.57 Å². The lowest BCUT2D eigenvalue weighted by Crippen LogP contribution is -1.94. The second kappa shape index (κ2) is 11.5. The third-order valence-corrected chi connectivity index (χ3v) is 9.99. The molecule has 2 aromatic heterocycles. The first-order chi connectivity index (χ1) is 24.8.